The van der Waals surface area contributed by atoms with Gasteiger partial charge in [-0.05, 0) is 12.8 Å². The smallest absolute Gasteiger partial charge is 0.333 e. The first kappa shape index (κ1) is 10.3. The maximum atomic E-state index is 10.6. The Morgan fingerprint density at radius 1 is 1.36 bits per heavy atom. The molecule has 0 aromatic heterocycles. The molecule has 4 atom stereocenters. The molecule has 82 valence electrons. The van der Waals surface area contributed by atoms with Crippen molar-refractivity contribution < 1.29 is 22.8 Å². The van der Waals surface area contributed by atoms with Crippen molar-refractivity contribution in [2.24, 2.45) is 0 Å². The number of rotatable bonds is 2. The van der Waals surface area contributed by atoms with Crippen molar-refractivity contribution >= 4 is 10.3 Å². The van der Waals surface area contributed by atoms with Crippen LogP contribution in [0.3, 0.4) is 0 Å². The molecule has 2 fully saturated rings. The molecule has 2 heterocycles. The van der Waals surface area contributed by atoms with Gasteiger partial charge in [0, 0.05) is 6.42 Å². The number of hydrogen-bond donors (Lipinski definition) is 3. The SMILES string of the molecule is O=S(=O)(O)NC1[C@@H](O)CC2CC[C@H]1O2. The molecule has 3 N–H and O–H groups in total. The molecule has 14 heavy (non-hydrogen) atoms. The van der Waals surface area contributed by atoms with Gasteiger partial charge in [-0.2, -0.15) is 13.1 Å². The maximum Gasteiger partial charge on any atom is 0.333 e. The highest BCUT2D eigenvalue weighted by Gasteiger charge is 2.43. The van der Waals surface area contributed by atoms with E-state index in [0.29, 0.717) is 6.42 Å². The average Bonchev–Trinajstić information content (AvgIpc) is 2.41. The van der Waals surface area contributed by atoms with Gasteiger partial charge in [0.05, 0.1) is 24.4 Å². The molecule has 0 aliphatic carbocycles. The van der Waals surface area contributed by atoms with Crippen LogP contribution in [0.15, 0.2) is 0 Å². The van der Waals surface area contributed by atoms with E-state index < -0.39 is 22.4 Å². The molecule has 7 heteroatoms. The van der Waals surface area contributed by atoms with Crippen LogP contribution >= 0.6 is 0 Å². The summed E-state index contributed by atoms with van der Waals surface area (Å²) >= 11 is 0. The fourth-order valence-electron chi connectivity index (χ4n) is 2.16. The molecule has 0 aromatic carbocycles. The Labute approximate surface area is 82.1 Å². The lowest BCUT2D eigenvalue weighted by atomic mass is 10.0. The van der Waals surface area contributed by atoms with Gasteiger partial charge in [-0.15, -0.1) is 0 Å². The third kappa shape index (κ3) is 2.06. The Kier molecular flexibility index (Phi) is 2.52. The zero-order chi connectivity index (χ0) is 10.3. The molecule has 0 radical (unpaired) electrons. The molecule has 0 amide bonds. The molecule has 2 rings (SSSR count). The summed E-state index contributed by atoms with van der Waals surface area (Å²) in [5, 5.41) is 9.60. The van der Waals surface area contributed by atoms with Crippen molar-refractivity contribution in [3.05, 3.63) is 0 Å². The van der Waals surface area contributed by atoms with E-state index in [1.807, 2.05) is 4.72 Å². The zero-order valence-electron chi connectivity index (χ0n) is 7.46. The van der Waals surface area contributed by atoms with Gasteiger partial charge >= 0.3 is 10.3 Å². The molecule has 2 bridgehead atoms. The molecule has 2 aliphatic rings. The van der Waals surface area contributed by atoms with E-state index in [2.05, 4.69) is 0 Å². The Morgan fingerprint density at radius 2 is 2.07 bits per heavy atom. The maximum absolute atomic E-state index is 10.6. The van der Waals surface area contributed by atoms with Crippen molar-refractivity contribution in [2.75, 3.05) is 0 Å². The van der Waals surface area contributed by atoms with Gasteiger partial charge in [0.25, 0.3) is 0 Å². The first-order valence-electron chi connectivity index (χ1n) is 4.54. The van der Waals surface area contributed by atoms with E-state index in [1.54, 1.807) is 0 Å². The summed E-state index contributed by atoms with van der Waals surface area (Å²) in [6.45, 7) is 0. The second-order valence-electron chi connectivity index (χ2n) is 3.80. The summed E-state index contributed by atoms with van der Waals surface area (Å²) in [6, 6.07) is -0.719. The lowest BCUT2D eigenvalue weighted by Gasteiger charge is -2.33. The van der Waals surface area contributed by atoms with Gasteiger partial charge in [0.2, 0.25) is 0 Å². The van der Waals surface area contributed by atoms with Crippen LogP contribution < -0.4 is 4.72 Å². The highest BCUT2D eigenvalue weighted by atomic mass is 32.2. The first-order chi connectivity index (χ1) is 6.46. The summed E-state index contributed by atoms with van der Waals surface area (Å²) in [7, 11) is -4.27. The molecular formula is C7H13NO5S. The Morgan fingerprint density at radius 3 is 2.71 bits per heavy atom. The summed E-state index contributed by atoms with van der Waals surface area (Å²) in [4.78, 5) is 0. The van der Waals surface area contributed by atoms with E-state index >= 15 is 0 Å². The number of fused-ring (bicyclic) bond motifs is 2. The van der Waals surface area contributed by atoms with Crippen molar-refractivity contribution in [1.29, 1.82) is 0 Å². The van der Waals surface area contributed by atoms with Crippen LogP contribution in [0.4, 0.5) is 0 Å². The largest absolute Gasteiger partial charge is 0.391 e. The number of aliphatic hydroxyl groups is 1. The van der Waals surface area contributed by atoms with Crippen molar-refractivity contribution in [3.8, 4) is 0 Å². The standard InChI is InChI=1S/C7H13NO5S/c9-5-3-4-1-2-6(13-4)7(5)8-14(10,11)12/h4-9H,1-3H2,(H,10,11,12)/t4?,5-,6+,7?/m0/s1. The van der Waals surface area contributed by atoms with Gasteiger partial charge < -0.3 is 9.84 Å². The first-order valence-corrected chi connectivity index (χ1v) is 5.98. The van der Waals surface area contributed by atoms with Gasteiger partial charge in [-0.3, -0.25) is 4.55 Å². The Bertz CT molecular complexity index is 316. The van der Waals surface area contributed by atoms with Gasteiger partial charge in [0.1, 0.15) is 0 Å². The van der Waals surface area contributed by atoms with Gasteiger partial charge in [-0.25, -0.2) is 0 Å². The Hall–Kier alpha value is -0.210. The Balaban J connectivity index is 2.09. The molecule has 0 saturated carbocycles. The minimum Gasteiger partial charge on any atom is -0.391 e. The van der Waals surface area contributed by atoms with Gasteiger partial charge in [-0.1, -0.05) is 0 Å². The molecule has 0 spiro atoms. The van der Waals surface area contributed by atoms with Crippen LogP contribution in [-0.2, 0) is 15.0 Å². The van der Waals surface area contributed by atoms with Crippen molar-refractivity contribution in [2.45, 2.75) is 43.6 Å². The zero-order valence-corrected chi connectivity index (χ0v) is 8.27. The third-order valence-electron chi connectivity index (χ3n) is 2.74. The second-order valence-corrected chi connectivity index (χ2v) is 4.98. The van der Waals surface area contributed by atoms with Crippen LogP contribution in [0.25, 0.3) is 0 Å². The molecule has 2 saturated heterocycles. The van der Waals surface area contributed by atoms with Crippen LogP contribution in [0.1, 0.15) is 19.3 Å². The second kappa shape index (κ2) is 3.42. The molecule has 2 aliphatic heterocycles. The van der Waals surface area contributed by atoms with Crippen LogP contribution in [0.5, 0.6) is 0 Å². The monoisotopic (exact) mass is 223 g/mol. The third-order valence-corrected chi connectivity index (χ3v) is 3.31. The fraction of sp³-hybridized carbons (Fsp3) is 1.00. The molecule has 0 aromatic rings. The molecule has 2 unspecified atom stereocenters. The van der Waals surface area contributed by atoms with Crippen LogP contribution in [0.2, 0.25) is 0 Å². The fourth-order valence-corrected chi connectivity index (χ4v) is 2.81. The number of nitrogens with one attached hydrogen (secondary N) is 1. The lowest BCUT2D eigenvalue weighted by molar-refractivity contribution is -0.0719. The minimum atomic E-state index is -4.27. The number of aliphatic hydroxyl groups excluding tert-OH is 1. The summed E-state index contributed by atoms with van der Waals surface area (Å²) in [6.07, 6.45) is 0.924. The predicted octanol–water partition coefficient (Wildman–Crippen LogP) is -0.940. The van der Waals surface area contributed by atoms with Crippen LogP contribution in [-0.4, -0.2) is 42.4 Å². The highest BCUT2D eigenvalue weighted by molar-refractivity contribution is 7.83. The van der Waals surface area contributed by atoms with E-state index in [9.17, 15) is 13.5 Å². The molecular weight excluding hydrogens is 210 g/mol. The topological polar surface area (TPSA) is 95.9 Å². The number of hydrogen-bond acceptors (Lipinski definition) is 4. The molecule has 6 nitrogen and oxygen atoms in total. The summed E-state index contributed by atoms with van der Waals surface area (Å²) in [5.41, 5.74) is 0. The van der Waals surface area contributed by atoms with Crippen molar-refractivity contribution in [1.82, 2.24) is 4.72 Å². The summed E-state index contributed by atoms with van der Waals surface area (Å²) in [5.74, 6) is 0. The minimum absolute atomic E-state index is 0.0365. The number of ether oxygens (including phenoxy) is 1. The van der Waals surface area contributed by atoms with E-state index in [1.165, 1.54) is 0 Å². The average molecular weight is 223 g/mol. The van der Waals surface area contributed by atoms with E-state index in [4.69, 9.17) is 9.29 Å². The van der Waals surface area contributed by atoms with Gasteiger partial charge in [0.15, 0.2) is 0 Å². The highest BCUT2D eigenvalue weighted by Crippen LogP contribution is 2.32. The normalized spacial score (nSPS) is 42.7. The predicted molar refractivity (Wildman–Crippen MR) is 47.0 cm³/mol. The van der Waals surface area contributed by atoms with E-state index in [-0.39, 0.29) is 12.2 Å². The summed E-state index contributed by atoms with van der Waals surface area (Å²) < 4.78 is 37.2. The van der Waals surface area contributed by atoms with Crippen LogP contribution in [0, 0.1) is 0 Å². The lowest BCUT2D eigenvalue weighted by Crippen LogP contribution is -2.53. The quantitative estimate of drug-likeness (QED) is 0.525. The van der Waals surface area contributed by atoms with Crippen molar-refractivity contribution in [3.63, 3.8) is 0 Å². The van der Waals surface area contributed by atoms with E-state index in [0.717, 1.165) is 12.8 Å².